The van der Waals surface area contributed by atoms with Crippen molar-refractivity contribution in [2.45, 2.75) is 77.7 Å². The van der Waals surface area contributed by atoms with Crippen LogP contribution in [0.3, 0.4) is 0 Å². The van der Waals surface area contributed by atoms with Gasteiger partial charge < -0.3 is 5.11 Å². The predicted octanol–water partition coefficient (Wildman–Crippen LogP) is 4.70. The highest BCUT2D eigenvalue weighted by molar-refractivity contribution is 5.25. The fourth-order valence-corrected chi connectivity index (χ4v) is 6.63. The molecule has 0 saturated heterocycles. The Morgan fingerprint density at radius 1 is 1.05 bits per heavy atom. The highest BCUT2D eigenvalue weighted by Gasteiger charge is 2.55. The minimum absolute atomic E-state index is 0.0637. The molecular formula is C19H30O. The molecule has 4 aliphatic rings. The Morgan fingerprint density at radius 3 is 2.75 bits per heavy atom. The zero-order chi connectivity index (χ0) is 14.0. The number of aliphatic hydroxyl groups is 1. The number of allylic oxidation sites excluding steroid dienone is 1. The van der Waals surface area contributed by atoms with E-state index in [0.717, 1.165) is 30.6 Å². The van der Waals surface area contributed by atoms with Gasteiger partial charge in [0.15, 0.2) is 0 Å². The van der Waals surface area contributed by atoms with Gasteiger partial charge in [-0.1, -0.05) is 31.9 Å². The maximum absolute atomic E-state index is 10.0. The number of fused-ring (bicyclic) bond motifs is 5. The van der Waals surface area contributed by atoms with Crippen molar-refractivity contribution < 1.29 is 5.11 Å². The van der Waals surface area contributed by atoms with Crippen molar-refractivity contribution in [3.05, 3.63) is 11.6 Å². The third-order valence-corrected chi connectivity index (χ3v) is 7.86. The minimum Gasteiger partial charge on any atom is -0.393 e. The van der Waals surface area contributed by atoms with Crippen LogP contribution in [0, 0.1) is 28.6 Å². The lowest BCUT2D eigenvalue weighted by atomic mass is 9.48. The van der Waals surface area contributed by atoms with Crippen LogP contribution in [-0.4, -0.2) is 11.2 Å². The predicted molar refractivity (Wildman–Crippen MR) is 82.3 cm³/mol. The normalized spacial score (nSPS) is 54.6. The van der Waals surface area contributed by atoms with E-state index in [1.54, 1.807) is 5.57 Å². The maximum atomic E-state index is 10.0. The van der Waals surface area contributed by atoms with Crippen LogP contribution in [0.1, 0.15) is 71.6 Å². The van der Waals surface area contributed by atoms with Crippen molar-refractivity contribution in [2.24, 2.45) is 28.6 Å². The molecule has 0 aromatic carbocycles. The van der Waals surface area contributed by atoms with Crippen LogP contribution in [0.2, 0.25) is 0 Å². The Hall–Kier alpha value is -0.300. The van der Waals surface area contributed by atoms with E-state index in [1.165, 1.54) is 44.9 Å². The lowest BCUT2D eigenvalue weighted by Gasteiger charge is -2.57. The molecule has 0 aromatic heterocycles. The summed E-state index contributed by atoms with van der Waals surface area (Å²) in [5, 5.41) is 10.0. The Morgan fingerprint density at radius 2 is 1.90 bits per heavy atom. The Balaban J connectivity index is 1.68. The first-order chi connectivity index (χ1) is 9.53. The highest BCUT2D eigenvalue weighted by atomic mass is 16.3. The zero-order valence-corrected chi connectivity index (χ0v) is 13.2. The Bertz CT molecular complexity index is 439. The summed E-state index contributed by atoms with van der Waals surface area (Å²) in [6.45, 7) is 5.10. The average molecular weight is 274 g/mol. The van der Waals surface area contributed by atoms with Gasteiger partial charge in [0, 0.05) is 0 Å². The van der Waals surface area contributed by atoms with Crippen molar-refractivity contribution in [3.8, 4) is 0 Å². The topological polar surface area (TPSA) is 20.2 Å². The first kappa shape index (κ1) is 13.4. The van der Waals surface area contributed by atoms with E-state index in [1.807, 2.05) is 0 Å². The van der Waals surface area contributed by atoms with Gasteiger partial charge in [-0.3, -0.25) is 0 Å². The summed E-state index contributed by atoms with van der Waals surface area (Å²) in [5.74, 6) is 2.84. The third kappa shape index (κ3) is 1.71. The summed E-state index contributed by atoms with van der Waals surface area (Å²) in [6.07, 6.45) is 14.3. The van der Waals surface area contributed by atoms with Crippen LogP contribution in [0.25, 0.3) is 0 Å². The molecule has 0 aliphatic heterocycles. The van der Waals surface area contributed by atoms with E-state index in [4.69, 9.17) is 0 Å². The monoisotopic (exact) mass is 274 g/mol. The van der Waals surface area contributed by atoms with E-state index in [-0.39, 0.29) is 6.10 Å². The molecule has 0 radical (unpaired) electrons. The zero-order valence-electron chi connectivity index (χ0n) is 13.2. The Kier molecular flexibility index (Phi) is 2.91. The van der Waals surface area contributed by atoms with Gasteiger partial charge in [-0.05, 0) is 80.0 Å². The van der Waals surface area contributed by atoms with Gasteiger partial charge in [-0.25, -0.2) is 0 Å². The number of aliphatic hydroxyl groups excluding tert-OH is 1. The summed E-state index contributed by atoms with van der Waals surface area (Å²) in [6, 6.07) is 0. The smallest absolute Gasteiger partial charge is 0.0577 e. The number of hydrogen-bond donors (Lipinski definition) is 1. The lowest BCUT2D eigenvalue weighted by molar-refractivity contribution is -0.0360. The van der Waals surface area contributed by atoms with E-state index in [9.17, 15) is 5.11 Å². The summed E-state index contributed by atoms with van der Waals surface area (Å²) in [5.41, 5.74) is 2.70. The molecule has 1 heteroatoms. The molecule has 1 nitrogen and oxygen atoms in total. The molecule has 0 amide bonds. The van der Waals surface area contributed by atoms with Gasteiger partial charge in [0.05, 0.1) is 6.10 Å². The molecule has 6 atom stereocenters. The second kappa shape index (κ2) is 4.35. The minimum atomic E-state index is -0.0637. The number of hydrogen-bond acceptors (Lipinski definition) is 1. The average Bonchev–Trinajstić information content (AvgIpc) is 2.81. The fraction of sp³-hybridized carbons (Fsp3) is 0.895. The van der Waals surface area contributed by atoms with Crippen molar-refractivity contribution in [1.82, 2.24) is 0 Å². The fourth-order valence-electron chi connectivity index (χ4n) is 6.63. The molecule has 112 valence electrons. The largest absolute Gasteiger partial charge is 0.393 e. The lowest BCUT2D eigenvalue weighted by Crippen LogP contribution is -2.49. The standard InChI is InChI=1S/C19H30O/c1-18-9-3-4-16(18)15-6-5-13-12-14(20)7-11-19(13,2)17(15)8-10-18/h5,14-17,20H,3-4,6-12H2,1-2H3. The van der Waals surface area contributed by atoms with Crippen molar-refractivity contribution in [2.75, 3.05) is 0 Å². The van der Waals surface area contributed by atoms with Gasteiger partial charge in [-0.2, -0.15) is 0 Å². The second-order valence-corrected chi connectivity index (χ2v) is 8.74. The van der Waals surface area contributed by atoms with Gasteiger partial charge in [-0.15, -0.1) is 0 Å². The van der Waals surface area contributed by atoms with Crippen LogP contribution in [-0.2, 0) is 0 Å². The van der Waals surface area contributed by atoms with Crippen LogP contribution in [0.5, 0.6) is 0 Å². The van der Waals surface area contributed by atoms with Crippen molar-refractivity contribution in [3.63, 3.8) is 0 Å². The quantitative estimate of drug-likeness (QED) is 0.635. The SMILES string of the molecule is CC12CCCC1C1CC=C3CC(O)CCC3(C)C1CC2. The first-order valence-electron chi connectivity index (χ1n) is 8.90. The summed E-state index contributed by atoms with van der Waals surface area (Å²) < 4.78 is 0. The molecule has 0 spiro atoms. The second-order valence-electron chi connectivity index (χ2n) is 8.74. The molecule has 3 fully saturated rings. The van der Waals surface area contributed by atoms with Crippen LogP contribution >= 0.6 is 0 Å². The summed E-state index contributed by atoms with van der Waals surface area (Å²) >= 11 is 0. The van der Waals surface area contributed by atoms with Gasteiger partial charge in [0.25, 0.3) is 0 Å². The van der Waals surface area contributed by atoms with Gasteiger partial charge in [0.1, 0.15) is 0 Å². The van der Waals surface area contributed by atoms with Crippen LogP contribution in [0.15, 0.2) is 11.6 Å². The number of rotatable bonds is 0. The van der Waals surface area contributed by atoms with Crippen LogP contribution in [0.4, 0.5) is 0 Å². The highest BCUT2D eigenvalue weighted by Crippen LogP contribution is 2.64. The molecule has 1 N–H and O–H groups in total. The molecule has 6 unspecified atom stereocenters. The third-order valence-electron chi connectivity index (χ3n) is 7.86. The molecule has 4 aliphatic carbocycles. The Labute approximate surface area is 123 Å². The van der Waals surface area contributed by atoms with Gasteiger partial charge in [0.2, 0.25) is 0 Å². The molecular weight excluding hydrogens is 244 g/mol. The first-order valence-corrected chi connectivity index (χ1v) is 8.90. The molecule has 20 heavy (non-hydrogen) atoms. The van der Waals surface area contributed by atoms with E-state index in [2.05, 4.69) is 19.9 Å². The van der Waals surface area contributed by atoms with Crippen molar-refractivity contribution in [1.29, 1.82) is 0 Å². The van der Waals surface area contributed by atoms with Crippen LogP contribution < -0.4 is 0 Å². The molecule has 0 bridgehead atoms. The molecule has 3 saturated carbocycles. The molecule has 0 heterocycles. The molecule has 4 rings (SSSR count). The van der Waals surface area contributed by atoms with Crippen molar-refractivity contribution >= 4 is 0 Å². The van der Waals surface area contributed by atoms with E-state index >= 15 is 0 Å². The molecule has 0 aromatic rings. The van der Waals surface area contributed by atoms with E-state index in [0.29, 0.717) is 10.8 Å². The maximum Gasteiger partial charge on any atom is 0.0577 e. The summed E-state index contributed by atoms with van der Waals surface area (Å²) in [4.78, 5) is 0. The summed E-state index contributed by atoms with van der Waals surface area (Å²) in [7, 11) is 0. The van der Waals surface area contributed by atoms with E-state index < -0.39 is 0 Å². The van der Waals surface area contributed by atoms with Gasteiger partial charge >= 0.3 is 0 Å².